The number of carbonyl (C=O) groups excluding carboxylic acids is 2. The van der Waals surface area contributed by atoms with Crippen LogP contribution in [0.5, 0.6) is 0 Å². The predicted octanol–water partition coefficient (Wildman–Crippen LogP) is 8.01. The number of nitrogens with one attached hydrogen (secondary N) is 2. The minimum atomic E-state index is -1.39. The molecule has 3 aromatic rings. The molecule has 1 aliphatic rings. The first-order chi connectivity index (χ1) is 16.4. The third-order valence-electron chi connectivity index (χ3n) is 5.63. The number of amides is 2. The van der Waals surface area contributed by atoms with E-state index in [1.54, 1.807) is 18.2 Å². The maximum atomic E-state index is 14.3. The van der Waals surface area contributed by atoms with Gasteiger partial charge in [0.25, 0.3) is 5.91 Å². The van der Waals surface area contributed by atoms with Crippen LogP contribution < -0.4 is 10.6 Å². The van der Waals surface area contributed by atoms with Crippen LogP contribution in [-0.2, 0) is 4.79 Å². The molecule has 182 valence electrons. The van der Waals surface area contributed by atoms with Gasteiger partial charge in [0, 0.05) is 27.2 Å². The van der Waals surface area contributed by atoms with Crippen LogP contribution in [0.4, 0.5) is 20.2 Å². The molecule has 4 nitrogen and oxygen atoms in total. The highest BCUT2D eigenvalue weighted by Gasteiger charge is 2.67. The van der Waals surface area contributed by atoms with Crippen LogP contribution in [0.25, 0.3) is 0 Å². The highest BCUT2D eigenvalue weighted by Crippen LogP contribution is 2.65. The van der Waals surface area contributed by atoms with Crippen molar-refractivity contribution < 1.29 is 18.4 Å². The van der Waals surface area contributed by atoms with E-state index >= 15 is 0 Å². The van der Waals surface area contributed by atoms with Gasteiger partial charge in [-0.1, -0.05) is 34.8 Å². The smallest absolute Gasteiger partial charge is 0.257 e. The highest BCUT2D eigenvalue weighted by atomic mass is 35.5. The second kappa shape index (κ2) is 9.75. The molecule has 0 heterocycles. The molecule has 4 rings (SSSR count). The third-order valence-corrected chi connectivity index (χ3v) is 7.33. The summed E-state index contributed by atoms with van der Waals surface area (Å²) < 4.78 is 26.4. The lowest BCUT2D eigenvalue weighted by Gasteiger charge is -2.12. The van der Waals surface area contributed by atoms with Gasteiger partial charge in [0.05, 0.1) is 22.2 Å². The Kier molecular flexibility index (Phi) is 7.24. The van der Waals surface area contributed by atoms with E-state index in [1.165, 1.54) is 25.1 Å². The number of rotatable bonds is 5. The summed E-state index contributed by atoms with van der Waals surface area (Å²) in [5.41, 5.74) is 0.359. The highest BCUT2D eigenvalue weighted by molar-refractivity contribution is 6.53. The molecule has 2 N–H and O–H groups in total. The fraction of sp³-hybridized carbons (Fsp3) is 0.167. The molecule has 1 fully saturated rings. The summed E-state index contributed by atoms with van der Waals surface area (Å²) in [5.74, 6) is -4.26. The van der Waals surface area contributed by atoms with Crippen molar-refractivity contribution in [2.75, 3.05) is 10.6 Å². The fourth-order valence-corrected chi connectivity index (χ4v) is 5.34. The Bertz CT molecular complexity index is 1350. The van der Waals surface area contributed by atoms with Crippen molar-refractivity contribution in [1.82, 2.24) is 0 Å². The first-order valence-corrected chi connectivity index (χ1v) is 12.0. The molecule has 35 heavy (non-hydrogen) atoms. The van der Waals surface area contributed by atoms with Gasteiger partial charge in [-0.25, -0.2) is 8.78 Å². The molecule has 0 aromatic heterocycles. The zero-order valence-electron chi connectivity index (χ0n) is 17.7. The standard InChI is InChI=1S/C24H15Cl5F2N2O2/c1-10-17(30)4-5-18(21(10)31)33-22(34)15-9-14(2-3-16(15)27)32-23(35)20-19(24(20,28)29)11-6-12(25)8-13(26)7-11/h2-9,19-20H,1H3,(H,32,35)(H,33,34)/t19-,20+/m0/s1. The molecule has 1 aliphatic carbocycles. The molecular formula is C24H15Cl5F2N2O2. The maximum Gasteiger partial charge on any atom is 0.257 e. The van der Waals surface area contributed by atoms with Crippen molar-refractivity contribution in [3.8, 4) is 0 Å². The van der Waals surface area contributed by atoms with Crippen molar-refractivity contribution in [3.63, 3.8) is 0 Å². The number of carbonyl (C=O) groups is 2. The first-order valence-electron chi connectivity index (χ1n) is 10.1. The summed E-state index contributed by atoms with van der Waals surface area (Å²) in [5, 5.41) is 5.84. The molecule has 2 amide bonds. The Hall–Kier alpha value is -2.09. The lowest BCUT2D eigenvalue weighted by molar-refractivity contribution is -0.117. The van der Waals surface area contributed by atoms with Crippen LogP contribution in [0.3, 0.4) is 0 Å². The van der Waals surface area contributed by atoms with Gasteiger partial charge in [0.2, 0.25) is 5.91 Å². The zero-order chi connectivity index (χ0) is 25.7. The molecule has 0 saturated heterocycles. The van der Waals surface area contributed by atoms with E-state index in [-0.39, 0.29) is 27.5 Å². The Morgan fingerprint density at radius 2 is 1.57 bits per heavy atom. The number of alkyl halides is 2. The lowest BCUT2D eigenvalue weighted by atomic mass is 10.1. The van der Waals surface area contributed by atoms with E-state index in [2.05, 4.69) is 10.6 Å². The fourth-order valence-electron chi connectivity index (χ4n) is 3.77. The monoisotopic (exact) mass is 576 g/mol. The molecule has 0 aliphatic heterocycles. The predicted molar refractivity (Wildman–Crippen MR) is 136 cm³/mol. The average Bonchev–Trinajstić information content (AvgIpc) is 3.36. The Labute approximate surface area is 224 Å². The number of hydrogen-bond acceptors (Lipinski definition) is 2. The average molecular weight is 579 g/mol. The van der Waals surface area contributed by atoms with E-state index < -0.39 is 39.6 Å². The number of halogens is 7. The third kappa shape index (κ3) is 5.23. The largest absolute Gasteiger partial charge is 0.326 e. The van der Waals surface area contributed by atoms with Gasteiger partial charge < -0.3 is 10.6 Å². The Morgan fingerprint density at radius 1 is 0.914 bits per heavy atom. The molecular weight excluding hydrogens is 564 g/mol. The maximum absolute atomic E-state index is 14.3. The minimum Gasteiger partial charge on any atom is -0.326 e. The van der Waals surface area contributed by atoms with E-state index in [4.69, 9.17) is 58.0 Å². The van der Waals surface area contributed by atoms with Crippen LogP contribution in [-0.4, -0.2) is 16.1 Å². The minimum absolute atomic E-state index is 0.0391. The van der Waals surface area contributed by atoms with Crippen molar-refractivity contribution in [1.29, 1.82) is 0 Å². The molecule has 11 heteroatoms. The van der Waals surface area contributed by atoms with Crippen LogP contribution in [0, 0.1) is 24.5 Å². The molecule has 1 saturated carbocycles. The number of hydrogen-bond donors (Lipinski definition) is 2. The molecule has 2 atom stereocenters. The summed E-state index contributed by atoms with van der Waals surface area (Å²) in [6.07, 6.45) is 0. The van der Waals surface area contributed by atoms with Gasteiger partial charge in [-0.2, -0.15) is 0 Å². The summed E-state index contributed by atoms with van der Waals surface area (Å²) in [6, 6.07) is 11.2. The Morgan fingerprint density at radius 3 is 2.23 bits per heavy atom. The quantitative estimate of drug-likeness (QED) is 0.301. The molecule has 0 radical (unpaired) electrons. The topological polar surface area (TPSA) is 58.2 Å². The van der Waals surface area contributed by atoms with E-state index in [9.17, 15) is 18.4 Å². The van der Waals surface area contributed by atoms with Crippen molar-refractivity contribution in [2.24, 2.45) is 5.92 Å². The van der Waals surface area contributed by atoms with Crippen LogP contribution >= 0.6 is 58.0 Å². The number of benzene rings is 3. The van der Waals surface area contributed by atoms with Crippen LogP contribution in [0.2, 0.25) is 15.1 Å². The summed E-state index contributed by atoms with van der Waals surface area (Å²) in [4.78, 5) is 25.7. The van der Waals surface area contributed by atoms with Crippen molar-refractivity contribution in [3.05, 3.63) is 91.9 Å². The van der Waals surface area contributed by atoms with Crippen LogP contribution in [0.1, 0.15) is 27.4 Å². The normalized spacial score (nSPS) is 18.2. The summed E-state index contributed by atoms with van der Waals surface area (Å²) >= 11 is 31.0. The molecule has 0 spiro atoms. The van der Waals surface area contributed by atoms with E-state index in [0.717, 1.165) is 12.1 Å². The number of anilines is 2. The summed E-state index contributed by atoms with van der Waals surface area (Å²) in [6.45, 7) is 1.25. The lowest BCUT2D eigenvalue weighted by Crippen LogP contribution is -2.18. The van der Waals surface area contributed by atoms with Gasteiger partial charge >= 0.3 is 0 Å². The van der Waals surface area contributed by atoms with E-state index in [0.29, 0.717) is 15.6 Å². The molecule has 0 unspecified atom stereocenters. The van der Waals surface area contributed by atoms with Gasteiger partial charge in [-0.3, -0.25) is 9.59 Å². The molecule has 3 aromatic carbocycles. The first kappa shape index (κ1) is 26.0. The second-order valence-corrected chi connectivity index (χ2v) is 10.7. The van der Waals surface area contributed by atoms with E-state index in [1.807, 2.05) is 0 Å². The van der Waals surface area contributed by atoms with Gasteiger partial charge in [-0.15, -0.1) is 23.2 Å². The van der Waals surface area contributed by atoms with Crippen LogP contribution in [0.15, 0.2) is 48.5 Å². The SMILES string of the molecule is Cc1c(F)ccc(NC(=O)c2cc(NC(=O)[C@H]3[C@H](c4cc(Cl)cc(Cl)c4)C3(Cl)Cl)ccc2Cl)c1F. The molecule has 0 bridgehead atoms. The zero-order valence-corrected chi connectivity index (χ0v) is 21.5. The van der Waals surface area contributed by atoms with Crippen molar-refractivity contribution >= 4 is 81.2 Å². The second-order valence-electron chi connectivity index (χ2n) is 8.00. The van der Waals surface area contributed by atoms with Gasteiger partial charge in [0.15, 0.2) is 5.82 Å². The summed E-state index contributed by atoms with van der Waals surface area (Å²) in [7, 11) is 0. The van der Waals surface area contributed by atoms with Crippen molar-refractivity contribution in [2.45, 2.75) is 17.2 Å². The van der Waals surface area contributed by atoms with Gasteiger partial charge in [-0.05, 0) is 61.0 Å². The van der Waals surface area contributed by atoms with Gasteiger partial charge in [0.1, 0.15) is 10.2 Å². The Balaban J connectivity index is 1.52.